The van der Waals surface area contributed by atoms with Crippen molar-refractivity contribution < 1.29 is 9.53 Å². The summed E-state index contributed by atoms with van der Waals surface area (Å²) in [5.41, 5.74) is 0. The molecule has 2 heteroatoms. The van der Waals surface area contributed by atoms with Crippen molar-refractivity contribution in [1.29, 1.82) is 0 Å². The SMILES string of the molecule is CCCC(OC)C(=O)CC1CC2CCC1C2. The topological polar surface area (TPSA) is 26.3 Å². The van der Waals surface area contributed by atoms with Crippen molar-refractivity contribution in [3.8, 4) is 0 Å². The summed E-state index contributed by atoms with van der Waals surface area (Å²) in [5, 5.41) is 0. The van der Waals surface area contributed by atoms with Gasteiger partial charge in [-0.05, 0) is 43.4 Å². The highest BCUT2D eigenvalue weighted by Gasteiger charge is 2.40. The molecule has 0 aromatic rings. The quantitative estimate of drug-likeness (QED) is 0.692. The number of rotatable bonds is 6. The molecule has 2 fully saturated rings. The molecule has 0 aromatic carbocycles. The molecule has 2 rings (SSSR count). The van der Waals surface area contributed by atoms with Crippen LogP contribution in [0.15, 0.2) is 0 Å². The lowest BCUT2D eigenvalue weighted by Gasteiger charge is -2.22. The van der Waals surface area contributed by atoms with E-state index in [1.807, 2.05) is 0 Å². The molecule has 0 aromatic heterocycles. The van der Waals surface area contributed by atoms with Gasteiger partial charge in [0.05, 0.1) is 0 Å². The highest BCUT2D eigenvalue weighted by molar-refractivity contribution is 5.83. The highest BCUT2D eigenvalue weighted by atomic mass is 16.5. The average Bonchev–Trinajstić information content (AvgIpc) is 2.87. The first-order valence-corrected chi connectivity index (χ1v) is 6.80. The van der Waals surface area contributed by atoms with E-state index in [9.17, 15) is 4.79 Å². The van der Waals surface area contributed by atoms with Crippen LogP contribution in [-0.4, -0.2) is 19.0 Å². The van der Waals surface area contributed by atoms with Crippen molar-refractivity contribution in [3.05, 3.63) is 0 Å². The van der Waals surface area contributed by atoms with Gasteiger partial charge >= 0.3 is 0 Å². The number of ether oxygens (including phenoxy) is 1. The van der Waals surface area contributed by atoms with E-state index in [1.165, 1.54) is 25.7 Å². The van der Waals surface area contributed by atoms with E-state index in [4.69, 9.17) is 4.74 Å². The third-order valence-electron chi connectivity index (χ3n) is 4.54. The number of hydrogen-bond acceptors (Lipinski definition) is 2. The van der Waals surface area contributed by atoms with Gasteiger partial charge in [-0.15, -0.1) is 0 Å². The highest BCUT2D eigenvalue weighted by Crippen LogP contribution is 2.49. The lowest BCUT2D eigenvalue weighted by Crippen LogP contribution is -2.26. The summed E-state index contributed by atoms with van der Waals surface area (Å²) in [6, 6.07) is 0. The molecule has 92 valence electrons. The molecular formula is C14H24O2. The summed E-state index contributed by atoms with van der Waals surface area (Å²) in [6.07, 6.45) is 8.04. The Bertz CT molecular complexity index is 249. The van der Waals surface area contributed by atoms with E-state index in [0.717, 1.165) is 31.1 Å². The van der Waals surface area contributed by atoms with E-state index < -0.39 is 0 Å². The van der Waals surface area contributed by atoms with Crippen LogP contribution in [-0.2, 0) is 9.53 Å². The van der Waals surface area contributed by atoms with Gasteiger partial charge in [-0.25, -0.2) is 0 Å². The Morgan fingerprint density at radius 1 is 1.38 bits per heavy atom. The second-order valence-electron chi connectivity index (χ2n) is 5.62. The fourth-order valence-electron chi connectivity index (χ4n) is 3.69. The van der Waals surface area contributed by atoms with E-state index in [0.29, 0.717) is 11.7 Å². The molecule has 0 heterocycles. The minimum atomic E-state index is -0.135. The summed E-state index contributed by atoms with van der Waals surface area (Å²) < 4.78 is 5.29. The van der Waals surface area contributed by atoms with E-state index in [1.54, 1.807) is 7.11 Å². The second-order valence-corrected chi connectivity index (χ2v) is 5.62. The van der Waals surface area contributed by atoms with E-state index >= 15 is 0 Å². The molecule has 4 atom stereocenters. The fraction of sp³-hybridized carbons (Fsp3) is 0.929. The normalized spacial score (nSPS) is 34.2. The molecule has 2 saturated carbocycles. The molecule has 2 nitrogen and oxygen atoms in total. The van der Waals surface area contributed by atoms with Gasteiger partial charge in [0, 0.05) is 13.5 Å². The maximum atomic E-state index is 12.1. The molecule has 0 saturated heterocycles. The van der Waals surface area contributed by atoms with Crippen LogP contribution < -0.4 is 0 Å². The van der Waals surface area contributed by atoms with Gasteiger partial charge < -0.3 is 4.74 Å². The fourth-order valence-corrected chi connectivity index (χ4v) is 3.69. The first-order valence-electron chi connectivity index (χ1n) is 6.80. The first kappa shape index (κ1) is 12.1. The van der Waals surface area contributed by atoms with Gasteiger partial charge in [0.15, 0.2) is 5.78 Å². The second kappa shape index (κ2) is 5.31. The number of fused-ring (bicyclic) bond motifs is 2. The predicted octanol–water partition coefficient (Wildman–Crippen LogP) is 3.20. The predicted molar refractivity (Wildman–Crippen MR) is 64.3 cm³/mol. The van der Waals surface area contributed by atoms with Crippen molar-refractivity contribution in [3.63, 3.8) is 0 Å². The first-order chi connectivity index (χ1) is 7.74. The van der Waals surface area contributed by atoms with Crippen LogP contribution in [0, 0.1) is 17.8 Å². The zero-order valence-electron chi connectivity index (χ0n) is 10.6. The third-order valence-corrected chi connectivity index (χ3v) is 4.54. The van der Waals surface area contributed by atoms with Crippen LogP contribution in [0.25, 0.3) is 0 Å². The molecule has 2 bridgehead atoms. The van der Waals surface area contributed by atoms with Crippen molar-refractivity contribution in [2.24, 2.45) is 17.8 Å². The van der Waals surface area contributed by atoms with Gasteiger partial charge in [0.1, 0.15) is 6.10 Å². The molecular weight excluding hydrogens is 200 g/mol. The minimum Gasteiger partial charge on any atom is -0.374 e. The van der Waals surface area contributed by atoms with Crippen LogP contribution in [0.4, 0.5) is 0 Å². The summed E-state index contributed by atoms with van der Waals surface area (Å²) >= 11 is 0. The Kier molecular flexibility index (Phi) is 4.01. The van der Waals surface area contributed by atoms with Gasteiger partial charge in [-0.2, -0.15) is 0 Å². The molecule has 0 radical (unpaired) electrons. The van der Waals surface area contributed by atoms with Crippen LogP contribution in [0.3, 0.4) is 0 Å². The van der Waals surface area contributed by atoms with Gasteiger partial charge in [0.2, 0.25) is 0 Å². The Morgan fingerprint density at radius 3 is 2.69 bits per heavy atom. The van der Waals surface area contributed by atoms with Gasteiger partial charge in [-0.1, -0.05) is 19.8 Å². The Balaban J connectivity index is 1.82. The number of Topliss-reactive ketones (excluding diaryl/α,β-unsaturated/α-hetero) is 1. The Hall–Kier alpha value is -0.370. The lowest BCUT2D eigenvalue weighted by molar-refractivity contribution is -0.130. The van der Waals surface area contributed by atoms with Crippen LogP contribution in [0.2, 0.25) is 0 Å². The maximum Gasteiger partial charge on any atom is 0.161 e. The summed E-state index contributed by atoms with van der Waals surface area (Å²) in [7, 11) is 1.67. The Morgan fingerprint density at radius 2 is 2.19 bits per heavy atom. The summed E-state index contributed by atoms with van der Waals surface area (Å²) in [6.45, 7) is 2.11. The standard InChI is InChI=1S/C14H24O2/c1-3-4-14(16-2)13(15)9-12-8-10-5-6-11(12)7-10/h10-12,14H,3-9H2,1-2H3. The summed E-state index contributed by atoms with van der Waals surface area (Å²) in [5.74, 6) is 2.82. The van der Waals surface area contributed by atoms with Crippen LogP contribution in [0.1, 0.15) is 51.9 Å². The van der Waals surface area contributed by atoms with Gasteiger partial charge in [0.25, 0.3) is 0 Å². The van der Waals surface area contributed by atoms with Crippen LogP contribution >= 0.6 is 0 Å². The molecule has 4 unspecified atom stereocenters. The molecule has 2 aliphatic rings. The molecule has 0 N–H and O–H groups in total. The van der Waals surface area contributed by atoms with E-state index in [-0.39, 0.29) is 6.10 Å². The molecule has 2 aliphatic carbocycles. The molecule has 0 amide bonds. The monoisotopic (exact) mass is 224 g/mol. The summed E-state index contributed by atoms with van der Waals surface area (Å²) in [4.78, 5) is 12.1. The minimum absolute atomic E-state index is 0.135. The van der Waals surface area contributed by atoms with Crippen molar-refractivity contribution in [2.75, 3.05) is 7.11 Å². The molecule has 0 aliphatic heterocycles. The number of carbonyl (C=O) groups excluding carboxylic acids is 1. The number of methoxy groups -OCH3 is 1. The lowest BCUT2D eigenvalue weighted by atomic mass is 9.84. The van der Waals surface area contributed by atoms with Crippen LogP contribution in [0.5, 0.6) is 0 Å². The Labute approximate surface area is 98.7 Å². The van der Waals surface area contributed by atoms with E-state index in [2.05, 4.69) is 6.92 Å². The molecule has 16 heavy (non-hydrogen) atoms. The van der Waals surface area contributed by atoms with Gasteiger partial charge in [-0.3, -0.25) is 4.79 Å². The maximum absolute atomic E-state index is 12.1. The third kappa shape index (κ3) is 2.48. The van der Waals surface area contributed by atoms with Crippen molar-refractivity contribution in [1.82, 2.24) is 0 Å². The largest absolute Gasteiger partial charge is 0.374 e. The zero-order chi connectivity index (χ0) is 11.5. The number of ketones is 1. The number of hydrogen-bond donors (Lipinski definition) is 0. The smallest absolute Gasteiger partial charge is 0.161 e. The van der Waals surface area contributed by atoms with Crippen molar-refractivity contribution >= 4 is 5.78 Å². The number of carbonyl (C=O) groups is 1. The zero-order valence-corrected chi connectivity index (χ0v) is 10.6. The average molecular weight is 224 g/mol. The molecule has 0 spiro atoms. The van der Waals surface area contributed by atoms with Crippen molar-refractivity contribution in [2.45, 2.75) is 58.0 Å².